The summed E-state index contributed by atoms with van der Waals surface area (Å²) in [6.07, 6.45) is -27.5. The predicted octanol–water partition coefficient (Wildman–Crippen LogP) is 27.7. The van der Waals surface area contributed by atoms with E-state index >= 15 is 0 Å². The van der Waals surface area contributed by atoms with Gasteiger partial charge in [0.25, 0.3) is 0 Å². The monoisotopic (exact) mass is 1920 g/mol. The summed E-state index contributed by atoms with van der Waals surface area (Å²) in [6, 6.07) is 23.2. The Morgan fingerprint density at radius 2 is 0.595 bits per heavy atom. The van der Waals surface area contributed by atoms with Gasteiger partial charge in [0.05, 0.1) is 34.0 Å². The van der Waals surface area contributed by atoms with Crippen LogP contribution < -0.4 is 48.4 Å². The van der Waals surface area contributed by atoms with Gasteiger partial charge in [0, 0.05) is 58.8 Å². The number of benzene rings is 6. The zero-order valence-corrected chi connectivity index (χ0v) is 61.8. The average molecular weight is 1930 g/mol. The number of alkyl halides is 18. The van der Waals surface area contributed by atoms with Crippen LogP contribution in [0.5, 0.6) is 5.75 Å². The van der Waals surface area contributed by atoms with Gasteiger partial charge in [-0.1, -0.05) is 126 Å². The fourth-order valence-corrected chi connectivity index (χ4v) is 9.77. The summed E-state index contributed by atoms with van der Waals surface area (Å²) >= 11 is 50.2. The molecule has 0 bridgehead atoms. The van der Waals surface area contributed by atoms with E-state index in [0.29, 0.717) is 66.2 Å². The third-order valence-corrected chi connectivity index (χ3v) is 14.1. The fraction of sp³-hybridized carbons (Fsp3) is 0.174. The number of nitrogen functional groups attached to an aromatic ring is 2. The van der Waals surface area contributed by atoms with Crippen LogP contribution in [0, 0.1) is 29.1 Å². The quantitative estimate of drug-likeness (QED) is 0.0101. The molecule has 20 nitrogen and oxygen atoms in total. The van der Waals surface area contributed by atoms with Crippen molar-refractivity contribution in [1.82, 2.24) is 49.8 Å². The number of anilines is 11. The molecule has 660 valence electrons. The Kier molecular flexibility index (Phi) is 43.8. The fourth-order valence-electron chi connectivity index (χ4n) is 7.88. The van der Waals surface area contributed by atoms with E-state index in [1.54, 1.807) is 0 Å². The Balaban J connectivity index is 0.00000147. The summed E-state index contributed by atoms with van der Waals surface area (Å²) in [4.78, 5) is 37.3. The van der Waals surface area contributed by atoms with Gasteiger partial charge in [-0.25, -0.2) is 63.1 Å². The first-order chi connectivity index (χ1) is 53.3. The second-order valence-electron chi connectivity index (χ2n) is 20.9. The highest BCUT2D eigenvalue weighted by Crippen LogP contribution is 2.39. The zero-order valence-electron chi connectivity index (χ0n) is 55.0. The number of hydrazine groups is 1. The maximum Gasteiger partial charge on any atom is 0.573 e. The largest absolute Gasteiger partial charge is 0.573 e. The van der Waals surface area contributed by atoms with Crippen molar-refractivity contribution < 1.29 is 106 Å². The van der Waals surface area contributed by atoms with Crippen LogP contribution in [0.25, 0.3) is 0 Å². The molecule has 0 saturated carbocycles. The van der Waals surface area contributed by atoms with Gasteiger partial charge < -0.3 is 31.7 Å². The third-order valence-electron chi connectivity index (χ3n) is 12.4. The average Bonchev–Trinajstić information content (AvgIpc) is 0.794. The van der Waals surface area contributed by atoms with E-state index < -0.39 is 99.9 Å². The molecule has 10 N–H and O–H groups in total. The molecule has 11 rings (SSSR count). The Morgan fingerprint density at radius 3 is 0.917 bits per heavy atom. The van der Waals surface area contributed by atoms with Crippen LogP contribution in [0.4, 0.5) is 165 Å². The van der Waals surface area contributed by atoms with Crippen LogP contribution in [0.1, 0.15) is 77.9 Å². The molecule has 5 heterocycles. The second kappa shape index (κ2) is 47.8. The number of rotatable bonds is 13. The van der Waals surface area contributed by atoms with E-state index in [9.17, 15) is 101 Å². The molecule has 0 fully saturated rings. The molecule has 0 amide bonds. The van der Waals surface area contributed by atoms with Crippen LogP contribution >= 0.6 is 104 Å². The summed E-state index contributed by atoms with van der Waals surface area (Å²) in [5, 5.41) is 14.3. The van der Waals surface area contributed by atoms with Gasteiger partial charge in [0.2, 0.25) is 28.4 Å². The Labute approximate surface area is 716 Å². The number of nitrogens with two attached hydrogens (primary N) is 2. The van der Waals surface area contributed by atoms with Crippen LogP contribution in [0.3, 0.4) is 0 Å². The summed E-state index contributed by atoms with van der Waals surface area (Å²) < 4.78 is 293. The van der Waals surface area contributed by atoms with Crippen molar-refractivity contribution in [2.45, 2.75) is 81.8 Å². The summed E-state index contributed by atoms with van der Waals surface area (Å²) in [7, 11) is 0. The molecule has 0 radical (unpaired) electrons. The zero-order chi connectivity index (χ0) is 85.9. The van der Waals surface area contributed by atoms with E-state index in [2.05, 4.69) is 91.8 Å². The minimum atomic E-state index is -4.89. The van der Waals surface area contributed by atoms with Gasteiger partial charge in [-0.05, 0) is 144 Å². The smallest absolute Gasteiger partial charge is 0.406 e. The van der Waals surface area contributed by atoms with E-state index in [-0.39, 0.29) is 155 Å². The summed E-state index contributed by atoms with van der Waals surface area (Å²) in [5.74, 6) is -2.19. The number of halogens is 32. The molecule has 0 spiro atoms. The molecule has 11 aromatic rings. The van der Waals surface area contributed by atoms with E-state index in [1.807, 2.05) is 0 Å². The maximum atomic E-state index is 13.4. The predicted molar refractivity (Wildman–Crippen MR) is 422 cm³/mol. The van der Waals surface area contributed by atoms with Crippen molar-refractivity contribution in [3.63, 3.8) is 0 Å². The Hall–Kier alpha value is -10.3. The highest BCUT2D eigenvalue weighted by molar-refractivity contribution is 6.35. The number of hydrazone groups is 1. The standard InChI is InChI=1S/C19H11ClF7N5O.2C11H5Cl2F4N3.C11H8ClF4N5.C7H5F4N.C4HCl3N2.6CH4/c20-15-8-16(29-11-3-6-14(21)13(7-11)18(22,23)24)31-17(30-15)32-28-9-10-1-4-12(5-2-10)33-19(25,26)27;12-8-4-9(20-10(13)19-8)18-5-1-2-7(14)6(3-5)11(15,16)17;12-8-4-9(13)20-10(19-8)18-5-1-2-7(14)6(3-5)11(15,16)17;12-8-4-9(20-10(19-8)21-17)18-5-1-2-7(13)6(3-5)11(14,15)16;8-6-2-1-4(12)3-5(6)7(9,10)11;5-2-1-3(6)9-4(7)8-2;;;;;;/h1-9H,(H2,29,30,31,32);2*1-4H,(H,18,19,20);1-4H,17H2,(H2,18,19,20,21);1-3H,12H2;1H;6*1H4/b28-9+;;;;;;;;;;;. The molecule has 0 aliphatic carbocycles. The molecule has 6 aromatic carbocycles. The Morgan fingerprint density at radius 1 is 0.314 bits per heavy atom. The number of hydrogen-bond donors (Lipinski definition) is 8. The summed E-state index contributed by atoms with van der Waals surface area (Å²) in [5.41, 5.74) is 2.82. The molecule has 0 atom stereocenters. The highest BCUT2D eigenvalue weighted by atomic mass is 35.5. The molecule has 52 heteroatoms. The summed E-state index contributed by atoms with van der Waals surface area (Å²) in [6.45, 7) is 0. The molecule has 0 saturated heterocycles. The molecule has 5 aromatic heterocycles. The molecule has 0 aliphatic rings. The Bertz CT molecular complexity index is 5000. The number of aromatic nitrogens is 10. The van der Waals surface area contributed by atoms with Crippen molar-refractivity contribution in [3.8, 4) is 5.75 Å². The van der Waals surface area contributed by atoms with Crippen LogP contribution in [-0.4, -0.2) is 62.4 Å². The van der Waals surface area contributed by atoms with Gasteiger partial charge >= 0.3 is 37.2 Å². The SMILES string of the molecule is C.C.C.C.C.C.Clc1cc(Cl)nc(Cl)n1.Fc1ccc(Nc2cc(Cl)nc(Cl)n2)cc1C(F)(F)F.Fc1ccc(Nc2cc(Cl)nc(N/N=C/c3ccc(OC(F)(F)F)cc3)n2)cc1C(F)(F)F.Fc1ccc(Nc2nc(Cl)cc(Cl)n2)cc1C(F)(F)F.NNc1nc(Cl)cc(Nc2ccc(F)c(C(F)(F)F)c2)n1.Nc1ccc(F)c(C(F)(F)F)c1. The lowest BCUT2D eigenvalue weighted by molar-refractivity contribution is -0.274. The van der Waals surface area contributed by atoms with Crippen LogP contribution in [0.15, 0.2) is 151 Å². The molecule has 0 unspecified atom stereocenters. The van der Waals surface area contributed by atoms with Gasteiger partial charge in [0.1, 0.15) is 88.4 Å². The van der Waals surface area contributed by atoms with Crippen LogP contribution in [0.2, 0.25) is 46.6 Å². The van der Waals surface area contributed by atoms with Gasteiger partial charge in [0.15, 0.2) is 0 Å². The molecule has 121 heavy (non-hydrogen) atoms. The topological polar surface area (TPSA) is 275 Å². The highest BCUT2D eigenvalue weighted by Gasteiger charge is 2.38. The number of ether oxygens (including phenoxy) is 1. The first-order valence-electron chi connectivity index (χ1n) is 29.4. The van der Waals surface area contributed by atoms with Crippen molar-refractivity contribution in [2.24, 2.45) is 10.9 Å². The lowest BCUT2D eigenvalue weighted by Gasteiger charge is -2.12. The molecular weight excluding hydrogens is 1870 g/mol. The van der Waals surface area contributed by atoms with Gasteiger partial charge in [-0.15, -0.1) is 13.2 Å². The number of hydrogen-bond acceptors (Lipinski definition) is 20. The molecule has 0 aliphatic heterocycles. The lowest BCUT2D eigenvalue weighted by Crippen LogP contribution is -2.17. The van der Waals surface area contributed by atoms with Gasteiger partial charge in [-0.2, -0.15) is 90.9 Å². The van der Waals surface area contributed by atoms with E-state index in [4.69, 9.17) is 116 Å². The van der Waals surface area contributed by atoms with E-state index in [1.165, 1.54) is 48.7 Å². The third kappa shape index (κ3) is 37.7. The van der Waals surface area contributed by atoms with Crippen molar-refractivity contribution >= 4 is 174 Å². The van der Waals surface area contributed by atoms with E-state index in [0.717, 1.165) is 42.5 Å². The van der Waals surface area contributed by atoms with Gasteiger partial charge in [-0.3, -0.25) is 5.43 Å². The maximum absolute atomic E-state index is 13.4. The lowest BCUT2D eigenvalue weighted by atomic mass is 10.2. The first-order valence-corrected chi connectivity index (χ1v) is 32.8. The second-order valence-corrected chi connectivity index (χ2v) is 24.3. The van der Waals surface area contributed by atoms with Crippen molar-refractivity contribution in [2.75, 3.05) is 37.9 Å². The number of nitrogens with zero attached hydrogens (tertiary/aromatic N) is 11. The molecular formula is C69H59Cl9F23N19O. The number of nitrogens with one attached hydrogen (secondary N) is 6. The normalized spacial score (nSPS) is 11.0. The van der Waals surface area contributed by atoms with Crippen molar-refractivity contribution in [3.05, 3.63) is 255 Å². The minimum absolute atomic E-state index is 0. The minimum Gasteiger partial charge on any atom is -0.406 e. The van der Waals surface area contributed by atoms with Crippen LogP contribution in [-0.2, 0) is 30.9 Å². The van der Waals surface area contributed by atoms with Crippen molar-refractivity contribution in [1.29, 1.82) is 0 Å². The first kappa shape index (κ1) is 111.